The zero-order valence-electron chi connectivity index (χ0n) is 13.7. The zero-order chi connectivity index (χ0) is 17.8. The standard InChI is InChI=1S/C21H17F2NO/c1-14(25)24-20-13-19(23)18(22)12-17(20)21(15-8-4-2-5-9-15)16-10-6-3-7-11-16/h2-13,21H,1H3,(H,24,25). The van der Waals surface area contributed by atoms with E-state index in [0.717, 1.165) is 23.3 Å². The molecule has 1 amide bonds. The van der Waals surface area contributed by atoms with Crippen molar-refractivity contribution in [1.82, 2.24) is 0 Å². The van der Waals surface area contributed by atoms with Gasteiger partial charge in [-0.1, -0.05) is 60.7 Å². The van der Waals surface area contributed by atoms with Crippen molar-refractivity contribution < 1.29 is 13.6 Å². The smallest absolute Gasteiger partial charge is 0.221 e. The van der Waals surface area contributed by atoms with E-state index in [9.17, 15) is 13.6 Å². The molecule has 0 bridgehead atoms. The number of anilines is 1. The molecular weight excluding hydrogens is 320 g/mol. The summed E-state index contributed by atoms with van der Waals surface area (Å²) in [5.41, 5.74) is 2.62. The van der Waals surface area contributed by atoms with Gasteiger partial charge in [-0.25, -0.2) is 8.78 Å². The average Bonchev–Trinajstić information content (AvgIpc) is 2.61. The lowest BCUT2D eigenvalue weighted by Crippen LogP contribution is -2.13. The number of amides is 1. The molecule has 2 nitrogen and oxygen atoms in total. The van der Waals surface area contributed by atoms with E-state index < -0.39 is 11.6 Å². The van der Waals surface area contributed by atoms with Crippen LogP contribution in [0.1, 0.15) is 29.5 Å². The number of hydrogen-bond donors (Lipinski definition) is 1. The van der Waals surface area contributed by atoms with Crippen molar-refractivity contribution in [3.63, 3.8) is 0 Å². The number of halogens is 2. The van der Waals surface area contributed by atoms with Gasteiger partial charge in [0.25, 0.3) is 0 Å². The van der Waals surface area contributed by atoms with Gasteiger partial charge in [-0.15, -0.1) is 0 Å². The van der Waals surface area contributed by atoms with Gasteiger partial charge in [0, 0.05) is 24.6 Å². The molecule has 0 aliphatic carbocycles. The van der Waals surface area contributed by atoms with E-state index in [1.807, 2.05) is 60.7 Å². The highest BCUT2D eigenvalue weighted by molar-refractivity contribution is 5.90. The SMILES string of the molecule is CC(=O)Nc1cc(F)c(F)cc1C(c1ccccc1)c1ccccc1. The third-order valence-electron chi connectivity index (χ3n) is 3.98. The maximum Gasteiger partial charge on any atom is 0.221 e. The van der Waals surface area contributed by atoms with E-state index in [1.165, 1.54) is 6.92 Å². The minimum absolute atomic E-state index is 0.268. The first kappa shape index (κ1) is 16.8. The molecule has 0 spiro atoms. The highest BCUT2D eigenvalue weighted by Gasteiger charge is 2.22. The molecule has 0 aromatic heterocycles. The van der Waals surface area contributed by atoms with Crippen LogP contribution in [0.25, 0.3) is 0 Å². The fraction of sp³-hybridized carbons (Fsp3) is 0.0952. The monoisotopic (exact) mass is 337 g/mol. The molecule has 3 aromatic rings. The Morgan fingerprint density at radius 3 is 1.80 bits per heavy atom. The van der Waals surface area contributed by atoms with Crippen molar-refractivity contribution in [1.29, 1.82) is 0 Å². The summed E-state index contributed by atoms with van der Waals surface area (Å²) in [5.74, 6) is -2.61. The second-order valence-electron chi connectivity index (χ2n) is 5.79. The number of nitrogens with one attached hydrogen (secondary N) is 1. The van der Waals surface area contributed by atoms with Crippen molar-refractivity contribution in [2.24, 2.45) is 0 Å². The molecule has 0 aliphatic rings. The maximum absolute atomic E-state index is 14.0. The largest absolute Gasteiger partial charge is 0.326 e. The summed E-state index contributed by atoms with van der Waals surface area (Å²) in [7, 11) is 0. The fourth-order valence-electron chi connectivity index (χ4n) is 2.94. The zero-order valence-corrected chi connectivity index (χ0v) is 13.7. The molecule has 0 saturated heterocycles. The Kier molecular flexibility index (Phi) is 4.89. The minimum Gasteiger partial charge on any atom is -0.326 e. The normalized spacial score (nSPS) is 10.7. The van der Waals surface area contributed by atoms with Gasteiger partial charge in [0.2, 0.25) is 5.91 Å². The van der Waals surface area contributed by atoms with Crippen LogP contribution in [0.2, 0.25) is 0 Å². The van der Waals surface area contributed by atoms with E-state index in [4.69, 9.17) is 0 Å². The first-order chi connectivity index (χ1) is 12.1. The van der Waals surface area contributed by atoms with E-state index in [1.54, 1.807) is 0 Å². The molecule has 1 N–H and O–H groups in total. The van der Waals surface area contributed by atoms with Crippen molar-refractivity contribution in [2.45, 2.75) is 12.8 Å². The topological polar surface area (TPSA) is 29.1 Å². The number of rotatable bonds is 4. The van der Waals surface area contributed by atoms with Crippen LogP contribution in [-0.2, 0) is 4.79 Å². The Balaban J connectivity index is 2.23. The fourth-order valence-corrected chi connectivity index (χ4v) is 2.94. The molecule has 0 fully saturated rings. The molecule has 3 aromatic carbocycles. The van der Waals surface area contributed by atoms with E-state index in [-0.39, 0.29) is 17.5 Å². The Morgan fingerprint density at radius 1 is 0.840 bits per heavy atom. The third-order valence-corrected chi connectivity index (χ3v) is 3.98. The lowest BCUT2D eigenvalue weighted by molar-refractivity contribution is -0.114. The van der Waals surface area contributed by atoms with Crippen molar-refractivity contribution in [2.75, 3.05) is 5.32 Å². The van der Waals surface area contributed by atoms with Crippen LogP contribution >= 0.6 is 0 Å². The van der Waals surface area contributed by atoms with Crippen LogP contribution in [-0.4, -0.2) is 5.91 Å². The summed E-state index contributed by atoms with van der Waals surface area (Å²) in [6, 6.07) is 21.3. The van der Waals surface area contributed by atoms with Crippen LogP contribution in [0, 0.1) is 11.6 Å². The van der Waals surface area contributed by atoms with Gasteiger partial charge in [0.05, 0.1) is 0 Å². The van der Waals surface area contributed by atoms with Crippen LogP contribution < -0.4 is 5.32 Å². The van der Waals surface area contributed by atoms with Crippen molar-refractivity contribution >= 4 is 11.6 Å². The molecule has 0 unspecified atom stereocenters. The second-order valence-corrected chi connectivity index (χ2v) is 5.79. The maximum atomic E-state index is 14.0. The van der Waals surface area contributed by atoms with Gasteiger partial charge in [0.15, 0.2) is 11.6 Å². The average molecular weight is 337 g/mol. The van der Waals surface area contributed by atoms with E-state index in [0.29, 0.717) is 5.56 Å². The van der Waals surface area contributed by atoms with Crippen LogP contribution in [0.15, 0.2) is 72.8 Å². The van der Waals surface area contributed by atoms with Gasteiger partial charge < -0.3 is 5.32 Å². The van der Waals surface area contributed by atoms with Crippen molar-refractivity contribution in [3.8, 4) is 0 Å². The van der Waals surface area contributed by atoms with Gasteiger partial charge in [0.1, 0.15) is 0 Å². The Morgan fingerprint density at radius 2 is 1.32 bits per heavy atom. The van der Waals surface area contributed by atoms with Gasteiger partial charge >= 0.3 is 0 Å². The molecule has 0 atom stereocenters. The quantitative estimate of drug-likeness (QED) is 0.659. The molecule has 0 aliphatic heterocycles. The van der Waals surface area contributed by atoms with E-state index >= 15 is 0 Å². The predicted octanol–water partition coefficient (Wildman–Crippen LogP) is 5.10. The van der Waals surface area contributed by atoms with Crippen LogP contribution in [0.5, 0.6) is 0 Å². The van der Waals surface area contributed by atoms with Crippen LogP contribution in [0.3, 0.4) is 0 Å². The Labute approximate surface area is 145 Å². The summed E-state index contributed by atoms with van der Waals surface area (Å²) in [4.78, 5) is 11.5. The molecule has 0 saturated carbocycles. The summed E-state index contributed by atoms with van der Waals surface area (Å²) in [5, 5.41) is 2.62. The number of hydrogen-bond acceptors (Lipinski definition) is 1. The number of carbonyl (C=O) groups is 1. The molecule has 4 heteroatoms. The molecule has 126 valence electrons. The Bertz CT molecular complexity index is 840. The molecule has 3 rings (SSSR count). The first-order valence-corrected chi connectivity index (χ1v) is 7.92. The lowest BCUT2D eigenvalue weighted by Gasteiger charge is -2.22. The molecular formula is C21H17F2NO. The van der Waals surface area contributed by atoms with Gasteiger partial charge in [-0.2, -0.15) is 0 Å². The van der Waals surface area contributed by atoms with Gasteiger partial charge in [-0.05, 0) is 22.8 Å². The molecule has 25 heavy (non-hydrogen) atoms. The number of benzene rings is 3. The summed E-state index contributed by atoms with van der Waals surface area (Å²) >= 11 is 0. The van der Waals surface area contributed by atoms with Crippen molar-refractivity contribution in [3.05, 3.63) is 101 Å². The number of carbonyl (C=O) groups excluding carboxylic acids is 1. The predicted molar refractivity (Wildman–Crippen MR) is 94.5 cm³/mol. The lowest BCUT2D eigenvalue weighted by atomic mass is 9.84. The second kappa shape index (κ2) is 7.26. The highest BCUT2D eigenvalue weighted by Crippen LogP contribution is 2.37. The summed E-state index contributed by atoms with van der Waals surface area (Å²) in [6.45, 7) is 1.34. The Hall–Kier alpha value is -3.01. The molecule has 0 heterocycles. The third kappa shape index (κ3) is 3.74. The highest BCUT2D eigenvalue weighted by atomic mass is 19.2. The summed E-state index contributed by atoms with van der Waals surface area (Å²) in [6.07, 6.45) is 0. The summed E-state index contributed by atoms with van der Waals surface area (Å²) < 4.78 is 27.8. The first-order valence-electron chi connectivity index (χ1n) is 7.92. The van der Waals surface area contributed by atoms with Gasteiger partial charge in [-0.3, -0.25) is 4.79 Å². The van der Waals surface area contributed by atoms with E-state index in [2.05, 4.69) is 5.32 Å². The molecule has 0 radical (unpaired) electrons. The van der Waals surface area contributed by atoms with Crippen LogP contribution in [0.4, 0.5) is 14.5 Å². The minimum atomic E-state index is -0.993.